The number of carbonyl (C=O) groups is 2. The van der Waals surface area contributed by atoms with E-state index < -0.39 is 12.5 Å². The molecular weight excluding hydrogens is 182 g/mol. The summed E-state index contributed by atoms with van der Waals surface area (Å²) in [5.74, 6) is -1.59. The van der Waals surface area contributed by atoms with Crippen LogP contribution in [0.15, 0.2) is 30.3 Å². The van der Waals surface area contributed by atoms with Crippen molar-refractivity contribution in [3.63, 3.8) is 0 Å². The van der Waals surface area contributed by atoms with Crippen molar-refractivity contribution in [1.82, 2.24) is 4.90 Å². The van der Waals surface area contributed by atoms with Gasteiger partial charge in [0.25, 0.3) is 5.91 Å². The molecule has 0 saturated heterocycles. The predicted molar refractivity (Wildman–Crippen MR) is 48.4 cm³/mol. The molecule has 0 atom stereocenters. The highest BCUT2D eigenvalue weighted by Gasteiger charge is 2.10. The first-order chi connectivity index (χ1) is 6.61. The molecule has 0 fully saturated rings. The quantitative estimate of drug-likeness (QED) is 0.649. The van der Waals surface area contributed by atoms with E-state index in [9.17, 15) is 14.7 Å². The minimum absolute atomic E-state index is 0.324. The number of nitrogens with zero attached hydrogens (tertiary/aromatic N) is 1. The fraction of sp³-hybridized carbons (Fsp3) is 0.200. The van der Waals surface area contributed by atoms with Gasteiger partial charge in [0.1, 0.15) is 0 Å². The number of likely N-dealkylation sites (N-methyl/N-ethyl adjacent to an activating group) is 1. The van der Waals surface area contributed by atoms with Gasteiger partial charge >= 0.3 is 0 Å². The average Bonchev–Trinajstić information content (AvgIpc) is 2.17. The molecular formula is C10H10NO3-. The van der Waals surface area contributed by atoms with Gasteiger partial charge < -0.3 is 14.8 Å². The van der Waals surface area contributed by atoms with E-state index in [0.717, 1.165) is 4.90 Å². The number of hydrogen-bond donors (Lipinski definition) is 0. The van der Waals surface area contributed by atoms with Crippen molar-refractivity contribution in [2.24, 2.45) is 0 Å². The van der Waals surface area contributed by atoms with Crippen molar-refractivity contribution in [3.8, 4) is 0 Å². The van der Waals surface area contributed by atoms with Gasteiger partial charge in [0.15, 0.2) is 0 Å². The van der Waals surface area contributed by atoms with Crippen LogP contribution in [0, 0.1) is 0 Å². The molecule has 1 aromatic carbocycles. The molecule has 0 spiro atoms. The number of carbonyl (C=O) groups excluding carboxylic acids is 2. The monoisotopic (exact) mass is 192 g/mol. The third-order valence-corrected chi connectivity index (χ3v) is 1.73. The van der Waals surface area contributed by atoms with Crippen LogP contribution >= 0.6 is 0 Å². The highest BCUT2D eigenvalue weighted by Crippen LogP contribution is 2.01. The third-order valence-electron chi connectivity index (χ3n) is 1.73. The molecule has 1 rings (SSSR count). The standard InChI is InChI=1S/C10H11NO3/c1-11(7-9(12)13)10(14)8-5-3-2-4-6-8/h2-6H,7H2,1H3,(H,12,13)/p-1. The van der Waals surface area contributed by atoms with Crippen molar-refractivity contribution in [1.29, 1.82) is 0 Å². The van der Waals surface area contributed by atoms with Gasteiger partial charge in [-0.25, -0.2) is 0 Å². The smallest absolute Gasteiger partial charge is 0.253 e. The summed E-state index contributed by atoms with van der Waals surface area (Å²) in [6.45, 7) is -0.395. The van der Waals surface area contributed by atoms with Crippen molar-refractivity contribution < 1.29 is 14.7 Å². The Morgan fingerprint density at radius 1 is 1.29 bits per heavy atom. The summed E-state index contributed by atoms with van der Waals surface area (Å²) >= 11 is 0. The molecule has 0 aliphatic rings. The molecule has 0 aliphatic carbocycles. The largest absolute Gasteiger partial charge is 0.548 e. The molecule has 0 aromatic heterocycles. The minimum atomic E-state index is -1.27. The molecule has 0 aliphatic heterocycles. The van der Waals surface area contributed by atoms with Gasteiger partial charge in [-0.2, -0.15) is 0 Å². The Bertz CT molecular complexity index is 334. The van der Waals surface area contributed by atoms with E-state index in [1.165, 1.54) is 7.05 Å². The number of hydrogen-bond acceptors (Lipinski definition) is 3. The van der Waals surface area contributed by atoms with Crippen LogP contribution in [0.3, 0.4) is 0 Å². The van der Waals surface area contributed by atoms with E-state index >= 15 is 0 Å². The Hall–Kier alpha value is -1.84. The summed E-state index contributed by atoms with van der Waals surface area (Å²) in [6, 6.07) is 8.50. The summed E-state index contributed by atoms with van der Waals surface area (Å²) in [5, 5.41) is 10.2. The van der Waals surface area contributed by atoms with Crippen LogP contribution in [0.1, 0.15) is 10.4 Å². The first-order valence-corrected chi connectivity index (χ1v) is 4.11. The predicted octanol–water partition coefficient (Wildman–Crippen LogP) is -0.492. The maximum atomic E-state index is 11.5. The first kappa shape index (κ1) is 10.2. The van der Waals surface area contributed by atoms with E-state index in [1.54, 1.807) is 30.3 Å². The van der Waals surface area contributed by atoms with Crippen LogP contribution in [0.4, 0.5) is 0 Å². The van der Waals surface area contributed by atoms with E-state index in [-0.39, 0.29) is 5.91 Å². The van der Waals surface area contributed by atoms with Crippen LogP contribution in [0.25, 0.3) is 0 Å². The zero-order valence-electron chi connectivity index (χ0n) is 7.77. The summed E-state index contributed by atoms with van der Waals surface area (Å²) in [7, 11) is 1.42. The minimum Gasteiger partial charge on any atom is -0.548 e. The lowest BCUT2D eigenvalue weighted by Gasteiger charge is -2.17. The zero-order valence-corrected chi connectivity index (χ0v) is 7.77. The lowest BCUT2D eigenvalue weighted by atomic mass is 10.2. The van der Waals surface area contributed by atoms with Gasteiger partial charge in [0.05, 0.1) is 12.5 Å². The molecule has 1 amide bonds. The molecule has 0 bridgehead atoms. The highest BCUT2D eigenvalue weighted by molar-refractivity contribution is 5.95. The Morgan fingerprint density at radius 2 is 1.86 bits per heavy atom. The highest BCUT2D eigenvalue weighted by atomic mass is 16.4. The van der Waals surface area contributed by atoms with Crippen LogP contribution in [0.5, 0.6) is 0 Å². The van der Waals surface area contributed by atoms with Crippen LogP contribution < -0.4 is 5.11 Å². The Kier molecular flexibility index (Phi) is 3.23. The number of aliphatic carboxylic acids is 1. The third kappa shape index (κ3) is 2.58. The number of carboxylic acids is 1. The number of benzene rings is 1. The Labute approximate surface area is 81.8 Å². The van der Waals surface area contributed by atoms with Crippen molar-refractivity contribution >= 4 is 11.9 Å². The second-order valence-electron chi connectivity index (χ2n) is 2.90. The summed E-state index contributed by atoms with van der Waals surface area (Å²) in [4.78, 5) is 22.9. The lowest BCUT2D eigenvalue weighted by molar-refractivity contribution is -0.305. The number of carboxylic acid groups (broad SMARTS) is 1. The summed E-state index contributed by atoms with van der Waals surface area (Å²) < 4.78 is 0. The van der Waals surface area contributed by atoms with Crippen molar-refractivity contribution in [3.05, 3.63) is 35.9 Å². The van der Waals surface area contributed by atoms with Crippen molar-refractivity contribution in [2.45, 2.75) is 0 Å². The van der Waals surface area contributed by atoms with E-state index in [4.69, 9.17) is 0 Å². The molecule has 4 nitrogen and oxygen atoms in total. The molecule has 0 unspecified atom stereocenters. The molecule has 0 N–H and O–H groups in total. The number of amides is 1. The number of rotatable bonds is 3. The van der Waals surface area contributed by atoms with Gasteiger partial charge in [0, 0.05) is 12.6 Å². The van der Waals surface area contributed by atoms with Gasteiger partial charge in [0.2, 0.25) is 0 Å². The SMILES string of the molecule is CN(CC(=O)[O-])C(=O)c1ccccc1. The molecule has 0 heterocycles. The van der Waals surface area contributed by atoms with Crippen molar-refractivity contribution in [2.75, 3.05) is 13.6 Å². The van der Waals surface area contributed by atoms with E-state index in [1.807, 2.05) is 0 Å². The molecule has 1 aromatic rings. The Morgan fingerprint density at radius 3 is 2.36 bits per heavy atom. The second-order valence-corrected chi connectivity index (χ2v) is 2.90. The van der Waals surface area contributed by atoms with Gasteiger partial charge in [-0.05, 0) is 12.1 Å². The lowest BCUT2D eigenvalue weighted by Crippen LogP contribution is -2.39. The Balaban J connectivity index is 2.71. The van der Waals surface area contributed by atoms with Gasteiger partial charge in [-0.1, -0.05) is 18.2 Å². The zero-order chi connectivity index (χ0) is 10.6. The van der Waals surface area contributed by atoms with E-state index in [0.29, 0.717) is 5.56 Å². The van der Waals surface area contributed by atoms with Gasteiger partial charge in [-0.3, -0.25) is 4.79 Å². The summed E-state index contributed by atoms with van der Waals surface area (Å²) in [6.07, 6.45) is 0. The van der Waals surface area contributed by atoms with Crippen LogP contribution in [-0.2, 0) is 4.79 Å². The van der Waals surface area contributed by atoms with Crippen LogP contribution in [0.2, 0.25) is 0 Å². The fourth-order valence-electron chi connectivity index (χ4n) is 1.07. The normalized spacial score (nSPS) is 9.50. The fourth-order valence-corrected chi connectivity index (χ4v) is 1.07. The molecule has 0 radical (unpaired) electrons. The maximum Gasteiger partial charge on any atom is 0.253 e. The topological polar surface area (TPSA) is 60.4 Å². The average molecular weight is 192 g/mol. The molecule has 14 heavy (non-hydrogen) atoms. The molecule has 4 heteroatoms. The van der Waals surface area contributed by atoms with E-state index in [2.05, 4.69) is 0 Å². The molecule has 74 valence electrons. The second kappa shape index (κ2) is 4.41. The van der Waals surface area contributed by atoms with Crippen LogP contribution in [-0.4, -0.2) is 30.4 Å². The maximum absolute atomic E-state index is 11.5. The first-order valence-electron chi connectivity index (χ1n) is 4.11. The molecule has 0 saturated carbocycles. The summed E-state index contributed by atoms with van der Waals surface area (Å²) in [5.41, 5.74) is 0.469. The van der Waals surface area contributed by atoms with Gasteiger partial charge in [-0.15, -0.1) is 0 Å².